The standard InChI is InChI=1S/C20H24N2O2/c1-2-3-5-13-20(23)22-21-15-18-11-8-12-19(14-18)24-16-17-9-6-4-7-10-17/h4,6-12,14-15H,2-3,5,13,16H2,1H3,(H,22,23)/b21-15+. The third-order valence-corrected chi connectivity index (χ3v) is 3.52. The van der Waals surface area contributed by atoms with Crippen molar-refractivity contribution < 1.29 is 9.53 Å². The quantitative estimate of drug-likeness (QED) is 0.425. The van der Waals surface area contributed by atoms with Crippen molar-refractivity contribution in [3.63, 3.8) is 0 Å². The highest BCUT2D eigenvalue weighted by Gasteiger charge is 1.99. The zero-order chi connectivity index (χ0) is 17.0. The molecule has 0 radical (unpaired) electrons. The van der Waals surface area contributed by atoms with Crippen LogP contribution < -0.4 is 10.2 Å². The normalized spacial score (nSPS) is 10.7. The topological polar surface area (TPSA) is 50.7 Å². The average molecular weight is 324 g/mol. The second-order valence-corrected chi connectivity index (χ2v) is 5.60. The number of unbranched alkanes of at least 4 members (excludes halogenated alkanes) is 2. The number of amides is 1. The molecule has 0 aromatic heterocycles. The van der Waals surface area contributed by atoms with E-state index in [0.29, 0.717) is 13.0 Å². The molecule has 1 N–H and O–H groups in total. The van der Waals surface area contributed by atoms with Gasteiger partial charge in [-0.15, -0.1) is 0 Å². The first-order valence-corrected chi connectivity index (χ1v) is 8.36. The molecule has 0 atom stereocenters. The van der Waals surface area contributed by atoms with E-state index in [1.54, 1.807) is 6.21 Å². The van der Waals surface area contributed by atoms with E-state index in [0.717, 1.165) is 36.1 Å². The summed E-state index contributed by atoms with van der Waals surface area (Å²) in [7, 11) is 0. The molecule has 0 aliphatic heterocycles. The van der Waals surface area contributed by atoms with Gasteiger partial charge in [0.05, 0.1) is 6.21 Å². The third kappa shape index (κ3) is 6.65. The van der Waals surface area contributed by atoms with E-state index in [4.69, 9.17) is 4.74 Å². The summed E-state index contributed by atoms with van der Waals surface area (Å²) in [6, 6.07) is 17.7. The Balaban J connectivity index is 1.81. The molecule has 2 aromatic carbocycles. The van der Waals surface area contributed by atoms with E-state index in [1.165, 1.54) is 0 Å². The molecule has 0 fully saturated rings. The Morgan fingerprint density at radius 1 is 1.12 bits per heavy atom. The highest BCUT2D eigenvalue weighted by Crippen LogP contribution is 2.14. The van der Waals surface area contributed by atoms with Gasteiger partial charge in [-0.1, -0.05) is 62.2 Å². The van der Waals surface area contributed by atoms with Gasteiger partial charge in [0.2, 0.25) is 5.91 Å². The van der Waals surface area contributed by atoms with Crippen LogP contribution in [0.1, 0.15) is 43.7 Å². The van der Waals surface area contributed by atoms with Gasteiger partial charge < -0.3 is 4.74 Å². The molecule has 0 spiro atoms. The molecule has 24 heavy (non-hydrogen) atoms. The summed E-state index contributed by atoms with van der Waals surface area (Å²) in [6.07, 6.45) is 5.23. The van der Waals surface area contributed by atoms with Gasteiger partial charge in [0.25, 0.3) is 0 Å². The Labute approximate surface area is 143 Å². The maximum atomic E-state index is 11.6. The van der Waals surface area contributed by atoms with Crippen molar-refractivity contribution in [1.82, 2.24) is 5.43 Å². The van der Waals surface area contributed by atoms with Crippen molar-refractivity contribution in [1.29, 1.82) is 0 Å². The van der Waals surface area contributed by atoms with Crippen LogP contribution in [0.15, 0.2) is 59.7 Å². The molecule has 4 heteroatoms. The monoisotopic (exact) mass is 324 g/mol. The molecule has 2 rings (SSSR count). The van der Waals surface area contributed by atoms with E-state index in [2.05, 4.69) is 17.5 Å². The lowest BCUT2D eigenvalue weighted by atomic mass is 10.2. The van der Waals surface area contributed by atoms with Gasteiger partial charge in [0.15, 0.2) is 0 Å². The van der Waals surface area contributed by atoms with Gasteiger partial charge in [0, 0.05) is 6.42 Å². The summed E-state index contributed by atoms with van der Waals surface area (Å²) in [5.74, 6) is 0.730. The molecular weight excluding hydrogens is 300 g/mol. The lowest BCUT2D eigenvalue weighted by Gasteiger charge is -2.06. The fourth-order valence-corrected chi connectivity index (χ4v) is 2.20. The summed E-state index contributed by atoms with van der Waals surface area (Å²) in [5.41, 5.74) is 4.56. The van der Waals surface area contributed by atoms with Crippen molar-refractivity contribution in [3.05, 3.63) is 65.7 Å². The summed E-state index contributed by atoms with van der Waals surface area (Å²) >= 11 is 0. The minimum absolute atomic E-state index is 0.0452. The van der Waals surface area contributed by atoms with E-state index >= 15 is 0 Å². The number of nitrogens with one attached hydrogen (secondary N) is 1. The number of hydrogen-bond acceptors (Lipinski definition) is 3. The summed E-state index contributed by atoms with van der Waals surface area (Å²) in [6.45, 7) is 2.64. The van der Waals surface area contributed by atoms with Gasteiger partial charge in [0.1, 0.15) is 12.4 Å². The molecule has 2 aromatic rings. The highest BCUT2D eigenvalue weighted by atomic mass is 16.5. The Kier molecular flexibility index (Phi) is 7.54. The van der Waals surface area contributed by atoms with Crippen LogP contribution in [-0.2, 0) is 11.4 Å². The molecule has 1 amide bonds. The molecule has 126 valence electrons. The van der Waals surface area contributed by atoms with Crippen LogP contribution in [0.4, 0.5) is 0 Å². The van der Waals surface area contributed by atoms with Gasteiger partial charge in [-0.2, -0.15) is 5.10 Å². The number of carbonyl (C=O) groups excluding carboxylic acids is 1. The Bertz CT molecular complexity index is 654. The second kappa shape index (κ2) is 10.2. The Morgan fingerprint density at radius 2 is 1.96 bits per heavy atom. The van der Waals surface area contributed by atoms with Crippen LogP contribution in [0.3, 0.4) is 0 Å². The average Bonchev–Trinajstić information content (AvgIpc) is 2.61. The summed E-state index contributed by atoms with van der Waals surface area (Å²) < 4.78 is 5.78. The van der Waals surface area contributed by atoms with E-state index < -0.39 is 0 Å². The third-order valence-electron chi connectivity index (χ3n) is 3.52. The van der Waals surface area contributed by atoms with Crippen molar-refractivity contribution in [2.75, 3.05) is 0 Å². The van der Waals surface area contributed by atoms with E-state index in [-0.39, 0.29) is 5.91 Å². The molecule has 0 aliphatic carbocycles. The van der Waals surface area contributed by atoms with Crippen LogP contribution in [0.2, 0.25) is 0 Å². The van der Waals surface area contributed by atoms with Crippen molar-refractivity contribution in [2.45, 2.75) is 39.2 Å². The van der Waals surface area contributed by atoms with Gasteiger partial charge in [-0.25, -0.2) is 5.43 Å². The Hall–Kier alpha value is -2.62. The first-order valence-electron chi connectivity index (χ1n) is 8.36. The number of benzene rings is 2. The van der Waals surface area contributed by atoms with Crippen LogP contribution in [-0.4, -0.2) is 12.1 Å². The minimum Gasteiger partial charge on any atom is -0.489 e. The highest BCUT2D eigenvalue weighted by molar-refractivity contribution is 5.82. The maximum Gasteiger partial charge on any atom is 0.240 e. The van der Waals surface area contributed by atoms with E-state index in [1.807, 2.05) is 54.6 Å². The molecule has 0 aliphatic rings. The number of nitrogens with zero attached hydrogens (tertiary/aromatic N) is 1. The van der Waals surface area contributed by atoms with Crippen molar-refractivity contribution in [2.24, 2.45) is 5.10 Å². The molecule has 0 saturated carbocycles. The minimum atomic E-state index is -0.0452. The first-order chi connectivity index (χ1) is 11.8. The number of rotatable bonds is 9. The van der Waals surface area contributed by atoms with Gasteiger partial charge in [-0.05, 0) is 29.7 Å². The lowest BCUT2D eigenvalue weighted by Crippen LogP contribution is -2.16. The maximum absolute atomic E-state index is 11.6. The summed E-state index contributed by atoms with van der Waals surface area (Å²) in [4.78, 5) is 11.6. The molecule has 0 unspecified atom stereocenters. The number of carbonyl (C=O) groups is 1. The second-order valence-electron chi connectivity index (χ2n) is 5.60. The van der Waals surface area contributed by atoms with Gasteiger partial charge in [-0.3, -0.25) is 4.79 Å². The van der Waals surface area contributed by atoms with Crippen molar-refractivity contribution >= 4 is 12.1 Å². The fourth-order valence-electron chi connectivity index (χ4n) is 2.20. The SMILES string of the molecule is CCCCCC(=O)N/N=C/c1cccc(OCc2ccccc2)c1. The smallest absolute Gasteiger partial charge is 0.240 e. The van der Waals surface area contributed by atoms with Gasteiger partial charge >= 0.3 is 0 Å². The predicted molar refractivity (Wildman–Crippen MR) is 97.1 cm³/mol. The van der Waals surface area contributed by atoms with Crippen molar-refractivity contribution in [3.8, 4) is 5.75 Å². The van der Waals surface area contributed by atoms with Crippen LogP contribution in [0, 0.1) is 0 Å². The largest absolute Gasteiger partial charge is 0.489 e. The number of ether oxygens (including phenoxy) is 1. The molecule has 0 bridgehead atoms. The number of hydrogen-bond donors (Lipinski definition) is 1. The zero-order valence-electron chi connectivity index (χ0n) is 14.1. The fraction of sp³-hybridized carbons (Fsp3) is 0.300. The van der Waals surface area contributed by atoms with Crippen LogP contribution in [0.5, 0.6) is 5.75 Å². The van der Waals surface area contributed by atoms with Crippen LogP contribution >= 0.6 is 0 Å². The summed E-state index contributed by atoms with van der Waals surface area (Å²) in [5, 5.41) is 4.00. The Morgan fingerprint density at radius 3 is 2.75 bits per heavy atom. The number of hydrazone groups is 1. The predicted octanol–water partition coefficient (Wildman–Crippen LogP) is 4.30. The zero-order valence-corrected chi connectivity index (χ0v) is 14.1. The first kappa shape index (κ1) is 17.7. The molecule has 4 nitrogen and oxygen atoms in total. The molecule has 0 saturated heterocycles. The lowest BCUT2D eigenvalue weighted by molar-refractivity contribution is -0.121. The molecular formula is C20H24N2O2. The molecule has 0 heterocycles. The van der Waals surface area contributed by atoms with Crippen LogP contribution in [0.25, 0.3) is 0 Å². The van der Waals surface area contributed by atoms with E-state index in [9.17, 15) is 4.79 Å².